The van der Waals surface area contributed by atoms with E-state index in [0.717, 1.165) is 31.3 Å². The molecule has 0 radical (unpaired) electrons. The van der Waals surface area contributed by atoms with E-state index in [0.29, 0.717) is 24.3 Å². The summed E-state index contributed by atoms with van der Waals surface area (Å²) in [6.07, 6.45) is 5.66. The molecule has 1 saturated carbocycles. The average molecular weight is 291 g/mol. The van der Waals surface area contributed by atoms with Gasteiger partial charge in [0.15, 0.2) is 5.82 Å². The summed E-state index contributed by atoms with van der Waals surface area (Å²) in [6, 6.07) is 0.517. The van der Waals surface area contributed by atoms with Gasteiger partial charge >= 0.3 is 0 Å². The maximum absolute atomic E-state index is 12.2. The average Bonchev–Trinajstić information content (AvgIpc) is 3.12. The summed E-state index contributed by atoms with van der Waals surface area (Å²) in [6.45, 7) is 4.51. The minimum atomic E-state index is 0.356. The first-order valence-corrected chi connectivity index (χ1v) is 7.97. The summed E-state index contributed by atoms with van der Waals surface area (Å²) in [5, 5.41) is 7.04. The van der Waals surface area contributed by atoms with Crippen LogP contribution in [0.4, 0.5) is 0 Å². The fourth-order valence-electron chi connectivity index (χ4n) is 3.71. The molecule has 0 bridgehead atoms. The lowest BCUT2D eigenvalue weighted by atomic mass is 10.1. The van der Waals surface area contributed by atoms with Gasteiger partial charge in [0.2, 0.25) is 5.91 Å². The number of aromatic nitrogens is 3. The number of H-pyrrole nitrogens is 1. The van der Waals surface area contributed by atoms with Crippen LogP contribution in [0, 0.1) is 12.8 Å². The van der Waals surface area contributed by atoms with Crippen LogP contribution >= 0.6 is 0 Å². The number of carbonyl (C=O) groups is 1. The van der Waals surface area contributed by atoms with Crippen LogP contribution in [0.3, 0.4) is 0 Å². The number of nitrogens with one attached hydrogen (secondary N) is 1. The number of hydrogen-bond donors (Lipinski definition) is 1. The summed E-state index contributed by atoms with van der Waals surface area (Å²) >= 11 is 0. The highest BCUT2D eigenvalue weighted by Crippen LogP contribution is 2.29. The first kappa shape index (κ1) is 14.5. The fourth-order valence-corrected chi connectivity index (χ4v) is 3.71. The van der Waals surface area contributed by atoms with Crippen LogP contribution in [-0.4, -0.2) is 57.1 Å². The molecule has 1 aliphatic carbocycles. The van der Waals surface area contributed by atoms with Crippen molar-refractivity contribution in [3.05, 3.63) is 11.6 Å². The molecule has 1 N–H and O–H groups in total. The zero-order chi connectivity index (χ0) is 14.8. The smallest absolute Gasteiger partial charge is 0.223 e. The van der Waals surface area contributed by atoms with Crippen molar-refractivity contribution in [2.24, 2.45) is 5.92 Å². The Morgan fingerprint density at radius 3 is 2.81 bits per heavy atom. The van der Waals surface area contributed by atoms with Gasteiger partial charge in [-0.25, -0.2) is 4.98 Å². The molecule has 1 aromatic heterocycles. The molecule has 6 nitrogen and oxygen atoms in total. The van der Waals surface area contributed by atoms with Gasteiger partial charge < -0.3 is 4.90 Å². The molecule has 0 unspecified atom stereocenters. The van der Waals surface area contributed by atoms with Gasteiger partial charge in [-0.2, -0.15) is 5.10 Å². The van der Waals surface area contributed by atoms with E-state index in [4.69, 9.17) is 0 Å². The number of rotatable bonds is 5. The lowest BCUT2D eigenvalue weighted by molar-refractivity contribution is -0.129. The van der Waals surface area contributed by atoms with Crippen LogP contribution in [0.5, 0.6) is 0 Å². The first-order valence-electron chi connectivity index (χ1n) is 7.97. The predicted octanol–water partition coefficient (Wildman–Crippen LogP) is 1.34. The summed E-state index contributed by atoms with van der Waals surface area (Å²) in [5.41, 5.74) is 0. The second-order valence-corrected chi connectivity index (χ2v) is 6.59. The highest BCUT2D eigenvalue weighted by atomic mass is 16.2. The SMILES string of the molecule is Cc1nc(CN(C)C[C@@H]2CC(=O)N(C3CCCC3)C2)n[nH]1. The van der Waals surface area contributed by atoms with E-state index >= 15 is 0 Å². The van der Waals surface area contributed by atoms with E-state index in [9.17, 15) is 4.79 Å². The molecule has 0 spiro atoms. The molecule has 2 fully saturated rings. The van der Waals surface area contributed by atoms with Crippen molar-refractivity contribution >= 4 is 5.91 Å². The van der Waals surface area contributed by atoms with Crippen molar-refractivity contribution in [3.63, 3.8) is 0 Å². The van der Waals surface area contributed by atoms with Crippen LogP contribution in [-0.2, 0) is 11.3 Å². The minimum Gasteiger partial charge on any atom is -0.339 e. The fraction of sp³-hybridized carbons (Fsp3) is 0.800. The van der Waals surface area contributed by atoms with Gasteiger partial charge in [-0.3, -0.25) is 14.8 Å². The van der Waals surface area contributed by atoms with E-state index in [1.165, 1.54) is 25.7 Å². The molecule has 2 heterocycles. The first-order chi connectivity index (χ1) is 10.1. The Labute approximate surface area is 125 Å². The Morgan fingerprint density at radius 1 is 1.38 bits per heavy atom. The van der Waals surface area contributed by atoms with Gasteiger partial charge in [0.05, 0.1) is 6.54 Å². The number of hydrogen-bond acceptors (Lipinski definition) is 4. The molecule has 2 aliphatic rings. The quantitative estimate of drug-likeness (QED) is 0.889. The van der Waals surface area contributed by atoms with Crippen molar-refractivity contribution in [2.75, 3.05) is 20.1 Å². The van der Waals surface area contributed by atoms with E-state index in [1.54, 1.807) is 0 Å². The van der Waals surface area contributed by atoms with Crippen molar-refractivity contribution in [3.8, 4) is 0 Å². The van der Waals surface area contributed by atoms with E-state index in [-0.39, 0.29) is 0 Å². The largest absolute Gasteiger partial charge is 0.339 e. The molecule has 3 rings (SSSR count). The third-order valence-electron chi connectivity index (χ3n) is 4.63. The Kier molecular flexibility index (Phi) is 4.24. The van der Waals surface area contributed by atoms with Crippen LogP contribution in [0.15, 0.2) is 0 Å². The lowest BCUT2D eigenvalue weighted by Crippen LogP contribution is -2.35. The Bertz CT molecular complexity index is 494. The van der Waals surface area contributed by atoms with E-state index < -0.39 is 0 Å². The number of carbonyl (C=O) groups excluding carboxylic acids is 1. The highest BCUT2D eigenvalue weighted by Gasteiger charge is 2.35. The summed E-state index contributed by atoms with van der Waals surface area (Å²) in [4.78, 5) is 20.9. The zero-order valence-electron chi connectivity index (χ0n) is 13.0. The van der Waals surface area contributed by atoms with Crippen LogP contribution in [0.25, 0.3) is 0 Å². The molecular weight excluding hydrogens is 266 g/mol. The molecule has 0 aromatic carbocycles. The highest BCUT2D eigenvalue weighted by molar-refractivity contribution is 5.79. The van der Waals surface area contributed by atoms with Crippen molar-refractivity contribution in [2.45, 2.75) is 51.6 Å². The molecule has 6 heteroatoms. The second-order valence-electron chi connectivity index (χ2n) is 6.59. The number of likely N-dealkylation sites (tertiary alicyclic amines) is 1. The normalized spacial score (nSPS) is 23.7. The summed E-state index contributed by atoms with van der Waals surface area (Å²) in [7, 11) is 2.08. The summed E-state index contributed by atoms with van der Waals surface area (Å²) in [5.74, 6) is 2.48. The molecule has 1 amide bonds. The number of aromatic amines is 1. The van der Waals surface area contributed by atoms with Gasteiger partial charge in [-0.05, 0) is 32.7 Å². The topological polar surface area (TPSA) is 65.1 Å². The molecule has 116 valence electrons. The second kappa shape index (κ2) is 6.13. The third kappa shape index (κ3) is 3.43. The lowest BCUT2D eigenvalue weighted by Gasteiger charge is -2.25. The molecule has 1 saturated heterocycles. The van der Waals surface area contributed by atoms with E-state index in [2.05, 4.69) is 32.0 Å². The summed E-state index contributed by atoms with van der Waals surface area (Å²) < 4.78 is 0. The maximum atomic E-state index is 12.2. The molecule has 1 atom stereocenters. The number of amides is 1. The minimum absolute atomic E-state index is 0.356. The van der Waals surface area contributed by atoms with Gasteiger partial charge in [0.1, 0.15) is 5.82 Å². The van der Waals surface area contributed by atoms with Crippen LogP contribution in [0.1, 0.15) is 43.8 Å². The van der Waals surface area contributed by atoms with Crippen molar-refractivity contribution in [1.82, 2.24) is 25.0 Å². The molecule has 1 aromatic rings. The predicted molar refractivity (Wildman–Crippen MR) is 79.5 cm³/mol. The van der Waals surface area contributed by atoms with Crippen molar-refractivity contribution < 1.29 is 4.79 Å². The number of nitrogens with zero attached hydrogens (tertiary/aromatic N) is 4. The molecule has 21 heavy (non-hydrogen) atoms. The maximum Gasteiger partial charge on any atom is 0.223 e. The molecular formula is C15H25N5O. The van der Waals surface area contributed by atoms with Gasteiger partial charge in [-0.15, -0.1) is 0 Å². The zero-order valence-corrected chi connectivity index (χ0v) is 13.0. The standard InChI is InChI=1S/C15H25N5O/c1-11-16-14(18-17-11)10-19(2)8-12-7-15(21)20(9-12)13-5-3-4-6-13/h12-13H,3-10H2,1-2H3,(H,16,17,18)/t12-/m0/s1. The third-order valence-corrected chi connectivity index (χ3v) is 4.63. The van der Waals surface area contributed by atoms with Gasteiger partial charge in [-0.1, -0.05) is 12.8 Å². The van der Waals surface area contributed by atoms with Gasteiger partial charge in [0, 0.05) is 25.6 Å². The monoisotopic (exact) mass is 291 g/mol. The van der Waals surface area contributed by atoms with Crippen LogP contribution in [0.2, 0.25) is 0 Å². The Hall–Kier alpha value is -1.43. The molecule has 1 aliphatic heterocycles. The Morgan fingerprint density at radius 2 is 2.14 bits per heavy atom. The Balaban J connectivity index is 1.50. The number of aryl methyl sites for hydroxylation is 1. The van der Waals surface area contributed by atoms with Crippen molar-refractivity contribution in [1.29, 1.82) is 0 Å². The van der Waals surface area contributed by atoms with Gasteiger partial charge in [0.25, 0.3) is 0 Å². The van der Waals surface area contributed by atoms with Crippen LogP contribution < -0.4 is 0 Å². The van der Waals surface area contributed by atoms with E-state index in [1.807, 2.05) is 6.92 Å².